The van der Waals surface area contributed by atoms with Gasteiger partial charge in [-0.3, -0.25) is 0 Å². The summed E-state index contributed by atoms with van der Waals surface area (Å²) in [7, 11) is 0. The lowest BCUT2D eigenvalue weighted by Crippen LogP contribution is -2.22. The number of aromatic nitrogens is 3. The molecule has 0 amide bonds. The maximum atomic E-state index is 5.30. The standard InChI is InChI=1S/C84H90N6S3/c1-4-7-10-13-16-19-28-55-88-70-31-22-25-34-76(70)91-79-58-67(49-52-73(79)88)61-37-43-64(44-38-61)82-85-83(65-45-39-62(40-46-65)68-50-53-74-80(59-68)92-77-35-26-23-32-71(77)89(74)56-29-20-17-14-11-8-5-2)87-84(86-82)66-47-41-63(42-48-66)69-51-54-75-81(60-69)93-78-36-27-24-33-72(78)90(75)57-30-21-18-15-12-9-6-3/h22-27,31-54,58-60H,4-21,28-30,55-57H2,1-3H3. The number of unbranched alkanes of at least 4 members (excludes halogenated alkanes) is 18. The first-order valence-corrected chi connectivity index (χ1v) is 37.6. The van der Waals surface area contributed by atoms with Crippen molar-refractivity contribution >= 4 is 69.4 Å². The molecule has 0 N–H and O–H groups in total. The van der Waals surface area contributed by atoms with Gasteiger partial charge in [-0.2, -0.15) is 0 Å². The zero-order chi connectivity index (χ0) is 63.1. The van der Waals surface area contributed by atoms with Crippen LogP contribution in [0.3, 0.4) is 0 Å². The number of benzene rings is 9. The van der Waals surface area contributed by atoms with Crippen molar-refractivity contribution in [1.82, 2.24) is 15.0 Å². The topological polar surface area (TPSA) is 48.4 Å². The van der Waals surface area contributed by atoms with Crippen molar-refractivity contribution < 1.29 is 0 Å². The zero-order valence-electron chi connectivity index (χ0n) is 54.9. The van der Waals surface area contributed by atoms with Crippen LogP contribution in [-0.4, -0.2) is 34.6 Å². The van der Waals surface area contributed by atoms with Crippen molar-refractivity contribution in [3.8, 4) is 67.5 Å². The molecule has 0 bridgehead atoms. The monoisotopic (exact) mass is 1280 g/mol. The second-order valence-corrected chi connectivity index (χ2v) is 28.9. The summed E-state index contributed by atoms with van der Waals surface area (Å²) in [5.74, 6) is 1.94. The van der Waals surface area contributed by atoms with E-state index in [1.165, 1.54) is 215 Å². The first-order chi connectivity index (χ1) is 46.0. The van der Waals surface area contributed by atoms with Crippen molar-refractivity contribution in [2.24, 2.45) is 0 Å². The summed E-state index contributed by atoms with van der Waals surface area (Å²) >= 11 is 5.66. The van der Waals surface area contributed by atoms with Crippen molar-refractivity contribution in [1.29, 1.82) is 0 Å². The Balaban J connectivity index is 0.777. The van der Waals surface area contributed by atoms with E-state index < -0.39 is 0 Å². The molecule has 0 saturated heterocycles. The second kappa shape index (κ2) is 31.6. The molecular formula is C84H90N6S3. The SMILES string of the molecule is CCCCCCCCCN1c2ccccc2Sc2cc(-c3ccc(-c4nc(-c5ccc(-c6ccc7c(c6)Sc6ccccc6N7CCCCCCCCC)cc5)nc(-c5ccc(-c6ccc7c(c6)Sc6ccccc6N7CCCCCCCCC)cc5)n4)cc3)ccc21. The molecule has 1 aromatic heterocycles. The number of hydrogen-bond donors (Lipinski definition) is 0. The van der Waals surface area contributed by atoms with Crippen LogP contribution in [0.5, 0.6) is 0 Å². The highest BCUT2D eigenvalue weighted by molar-refractivity contribution is 8.00. The van der Waals surface area contributed by atoms with Crippen LogP contribution in [0, 0.1) is 0 Å². The molecule has 13 rings (SSSR count). The highest BCUT2D eigenvalue weighted by Gasteiger charge is 2.27. The average molecular weight is 1280 g/mol. The lowest BCUT2D eigenvalue weighted by molar-refractivity contribution is 0.590. The fourth-order valence-corrected chi connectivity index (χ4v) is 17.0. The first kappa shape index (κ1) is 64.2. The molecule has 0 spiro atoms. The average Bonchev–Trinajstić information content (AvgIpc) is 1.19. The second-order valence-electron chi connectivity index (χ2n) is 25.6. The molecule has 9 aromatic carbocycles. The Labute approximate surface area is 567 Å². The molecule has 6 nitrogen and oxygen atoms in total. The van der Waals surface area contributed by atoms with Gasteiger partial charge in [0.1, 0.15) is 0 Å². The summed E-state index contributed by atoms with van der Waals surface area (Å²) in [6.07, 6.45) is 27.3. The van der Waals surface area contributed by atoms with Gasteiger partial charge in [0.2, 0.25) is 0 Å². The summed E-state index contributed by atoms with van der Waals surface area (Å²) in [4.78, 5) is 31.4. The smallest absolute Gasteiger partial charge is 0.164 e. The van der Waals surface area contributed by atoms with Crippen LogP contribution >= 0.6 is 35.3 Å². The van der Waals surface area contributed by atoms with E-state index in [1.54, 1.807) is 0 Å². The Morgan fingerprint density at radius 1 is 0.226 bits per heavy atom. The van der Waals surface area contributed by atoms with E-state index in [1.807, 2.05) is 35.3 Å². The van der Waals surface area contributed by atoms with Crippen molar-refractivity contribution in [3.05, 3.63) is 200 Å². The Morgan fingerprint density at radius 2 is 0.452 bits per heavy atom. The van der Waals surface area contributed by atoms with Gasteiger partial charge in [0, 0.05) is 65.7 Å². The summed E-state index contributed by atoms with van der Waals surface area (Å²) in [5, 5.41) is 0. The number of fused-ring (bicyclic) bond motifs is 6. The molecular weight excluding hydrogens is 1190 g/mol. The van der Waals surface area contributed by atoms with E-state index in [0.717, 1.165) is 53.0 Å². The van der Waals surface area contributed by atoms with Gasteiger partial charge in [-0.05, 0) is 125 Å². The molecule has 474 valence electrons. The normalized spacial score (nSPS) is 12.9. The number of para-hydroxylation sites is 3. The van der Waals surface area contributed by atoms with Crippen molar-refractivity contribution in [2.75, 3.05) is 34.3 Å². The fraction of sp³-hybridized carbons (Fsp3) is 0.321. The Hall–Kier alpha value is -7.56. The minimum absolute atomic E-state index is 0.648. The molecule has 9 heteroatoms. The number of nitrogens with zero attached hydrogens (tertiary/aromatic N) is 6. The summed E-state index contributed by atoms with van der Waals surface area (Å²) < 4.78 is 0. The van der Waals surface area contributed by atoms with Gasteiger partial charge in [0.15, 0.2) is 17.5 Å². The van der Waals surface area contributed by atoms with E-state index in [2.05, 4.69) is 236 Å². The van der Waals surface area contributed by atoms with Gasteiger partial charge >= 0.3 is 0 Å². The maximum Gasteiger partial charge on any atom is 0.164 e. The molecule has 0 unspecified atom stereocenters. The van der Waals surface area contributed by atoms with Crippen LogP contribution in [-0.2, 0) is 0 Å². The van der Waals surface area contributed by atoms with Crippen LogP contribution in [0.4, 0.5) is 34.1 Å². The molecule has 0 fully saturated rings. The summed E-state index contributed by atoms with van der Waals surface area (Å²) in [6.45, 7) is 9.97. The van der Waals surface area contributed by atoms with Gasteiger partial charge in [0.05, 0.1) is 34.1 Å². The van der Waals surface area contributed by atoms with Crippen LogP contribution < -0.4 is 14.7 Å². The molecule has 0 saturated carbocycles. The molecule has 0 atom stereocenters. The highest BCUT2D eigenvalue weighted by atomic mass is 32.2. The lowest BCUT2D eigenvalue weighted by Gasteiger charge is -2.33. The van der Waals surface area contributed by atoms with Crippen LogP contribution in [0.2, 0.25) is 0 Å². The van der Waals surface area contributed by atoms with Gasteiger partial charge in [0.25, 0.3) is 0 Å². The quantitative estimate of drug-likeness (QED) is 0.0410. The minimum atomic E-state index is 0.648. The Morgan fingerprint density at radius 3 is 0.731 bits per heavy atom. The highest BCUT2D eigenvalue weighted by Crippen LogP contribution is 2.52. The number of hydrogen-bond acceptors (Lipinski definition) is 9. The molecule has 10 aromatic rings. The van der Waals surface area contributed by atoms with Crippen molar-refractivity contribution in [2.45, 2.75) is 185 Å². The van der Waals surface area contributed by atoms with Gasteiger partial charge in [-0.1, -0.05) is 299 Å². The predicted octanol–water partition coefficient (Wildman–Crippen LogP) is 25.9. The third-order valence-corrected chi connectivity index (χ3v) is 22.2. The number of anilines is 6. The van der Waals surface area contributed by atoms with Crippen LogP contribution in [0.15, 0.2) is 230 Å². The molecule has 0 radical (unpaired) electrons. The lowest BCUT2D eigenvalue weighted by atomic mass is 10.0. The third kappa shape index (κ3) is 15.3. The molecule has 3 aliphatic rings. The van der Waals surface area contributed by atoms with E-state index in [9.17, 15) is 0 Å². The van der Waals surface area contributed by atoms with E-state index >= 15 is 0 Å². The summed E-state index contributed by atoms with van der Waals surface area (Å²) in [5.41, 5.74) is 17.8. The van der Waals surface area contributed by atoms with E-state index in [4.69, 9.17) is 15.0 Å². The van der Waals surface area contributed by atoms with E-state index in [-0.39, 0.29) is 0 Å². The van der Waals surface area contributed by atoms with Gasteiger partial charge in [-0.15, -0.1) is 0 Å². The Bertz CT molecular complexity index is 3670. The van der Waals surface area contributed by atoms with Gasteiger partial charge < -0.3 is 14.7 Å². The van der Waals surface area contributed by atoms with Crippen LogP contribution in [0.1, 0.15) is 156 Å². The predicted molar refractivity (Wildman–Crippen MR) is 399 cm³/mol. The molecule has 93 heavy (non-hydrogen) atoms. The maximum absolute atomic E-state index is 5.30. The molecule has 4 heterocycles. The third-order valence-electron chi connectivity index (χ3n) is 18.9. The fourth-order valence-electron chi connectivity index (χ4n) is 13.6. The molecule has 3 aliphatic heterocycles. The first-order valence-electron chi connectivity index (χ1n) is 35.1. The summed E-state index contributed by atoms with van der Waals surface area (Å²) in [6, 6.07) is 74.4. The zero-order valence-corrected chi connectivity index (χ0v) is 57.4. The van der Waals surface area contributed by atoms with Crippen LogP contribution in [0.25, 0.3) is 67.5 Å². The van der Waals surface area contributed by atoms with Gasteiger partial charge in [-0.25, -0.2) is 15.0 Å². The molecule has 0 aliphatic carbocycles. The largest absolute Gasteiger partial charge is 0.340 e. The Kier molecular flexibility index (Phi) is 21.8. The number of rotatable bonds is 30. The van der Waals surface area contributed by atoms with Crippen molar-refractivity contribution in [3.63, 3.8) is 0 Å². The van der Waals surface area contributed by atoms with E-state index in [0.29, 0.717) is 17.5 Å². The minimum Gasteiger partial charge on any atom is -0.340 e.